The lowest BCUT2D eigenvalue weighted by atomic mass is 9.96. The Hall–Kier alpha value is -14.1. The fourth-order valence-corrected chi connectivity index (χ4v) is 14.9. The molecule has 8 nitrogen and oxygen atoms in total. The van der Waals surface area contributed by atoms with Crippen molar-refractivity contribution in [2.45, 2.75) is 0 Å². The van der Waals surface area contributed by atoms with E-state index in [1.807, 2.05) is 121 Å². The number of benzene rings is 15. The summed E-state index contributed by atoms with van der Waals surface area (Å²) >= 11 is 0. The quantitative estimate of drug-likeness (QED) is 0.108. The van der Waals surface area contributed by atoms with Crippen molar-refractivity contribution >= 4 is 43.6 Å². The van der Waals surface area contributed by atoms with E-state index in [1.165, 1.54) is 0 Å². The van der Waals surface area contributed by atoms with Gasteiger partial charge in [-0.1, -0.05) is 297 Å². The van der Waals surface area contributed by atoms with Crippen LogP contribution in [0.2, 0.25) is 0 Å². The zero-order valence-corrected chi connectivity index (χ0v) is 56.4. The van der Waals surface area contributed by atoms with Crippen molar-refractivity contribution in [3.05, 3.63) is 376 Å². The lowest BCUT2D eigenvalue weighted by molar-refractivity contribution is 1.07. The average molecular weight is 1330 g/mol. The molecule has 486 valence electrons. The van der Waals surface area contributed by atoms with Crippen LogP contribution in [0.3, 0.4) is 0 Å². The van der Waals surface area contributed by atoms with Crippen LogP contribution in [0.15, 0.2) is 376 Å². The normalized spacial score (nSPS) is 11.5. The molecule has 19 rings (SSSR count). The molecule has 104 heavy (non-hydrogen) atoms. The van der Waals surface area contributed by atoms with E-state index in [0.29, 0.717) is 34.9 Å². The number of aromatic nitrogens is 8. The van der Waals surface area contributed by atoms with Gasteiger partial charge in [0.05, 0.1) is 22.1 Å². The van der Waals surface area contributed by atoms with Crippen LogP contribution < -0.4 is 0 Å². The molecule has 19 aromatic rings. The highest BCUT2D eigenvalue weighted by Gasteiger charge is 2.23. The van der Waals surface area contributed by atoms with Crippen LogP contribution in [0, 0.1) is 0 Å². The van der Waals surface area contributed by atoms with Crippen molar-refractivity contribution < 1.29 is 0 Å². The molecule has 0 saturated heterocycles. The van der Waals surface area contributed by atoms with Crippen LogP contribution in [0.4, 0.5) is 0 Å². The molecule has 0 amide bonds. The van der Waals surface area contributed by atoms with E-state index in [0.717, 1.165) is 155 Å². The lowest BCUT2D eigenvalue weighted by Crippen LogP contribution is -2.00. The second kappa shape index (κ2) is 26.2. The first kappa shape index (κ1) is 61.0. The van der Waals surface area contributed by atoms with E-state index >= 15 is 0 Å². The standard InChI is InChI=1S/C96H62N8/c1-7-26-63(27-8-1)73-52-54-85-83(61-73)89-81(75-42-20-44-77(57-75)95-99-91(65-30-11-3-12-31-65)97-92(100-95)66-32-13-4-14-33-66)48-24-50-87(89)103(85)79-46-22-40-71(59-79)69-38-19-39-70(56-69)72-41-23-47-80(60-72)104-86-55-53-74(64-28-9-2-10-29-64)62-84(86)90-82(49-25-51-88(90)104)76-43-21-45-78(58-76)96-101-93(67-34-15-5-16-35-67)98-94(102-96)68-36-17-6-18-37-68/h1-62H. The summed E-state index contributed by atoms with van der Waals surface area (Å²) in [5.41, 5.74) is 25.5. The van der Waals surface area contributed by atoms with Gasteiger partial charge in [-0.05, 0) is 146 Å². The topological polar surface area (TPSA) is 87.2 Å². The Morgan fingerprint density at radius 1 is 0.154 bits per heavy atom. The van der Waals surface area contributed by atoms with E-state index in [1.54, 1.807) is 0 Å². The third kappa shape index (κ3) is 11.3. The summed E-state index contributed by atoms with van der Waals surface area (Å²) in [5, 5.41) is 4.63. The third-order valence-corrected chi connectivity index (χ3v) is 19.8. The summed E-state index contributed by atoms with van der Waals surface area (Å²) in [5.74, 6) is 3.72. The van der Waals surface area contributed by atoms with Crippen molar-refractivity contribution in [2.24, 2.45) is 0 Å². The first-order valence-corrected chi connectivity index (χ1v) is 35.1. The van der Waals surface area contributed by atoms with Crippen LogP contribution in [0.25, 0.3) is 190 Å². The summed E-state index contributed by atoms with van der Waals surface area (Å²) in [7, 11) is 0. The van der Waals surface area contributed by atoms with Gasteiger partial charge in [-0.25, -0.2) is 29.9 Å². The maximum absolute atomic E-state index is 5.14. The van der Waals surface area contributed by atoms with Crippen LogP contribution in [-0.2, 0) is 0 Å². The summed E-state index contributed by atoms with van der Waals surface area (Å²) in [6, 6.07) is 133. The molecule has 0 spiro atoms. The molecule has 15 aromatic carbocycles. The van der Waals surface area contributed by atoms with Crippen LogP contribution in [-0.4, -0.2) is 39.0 Å². The van der Waals surface area contributed by atoms with Gasteiger partial charge < -0.3 is 9.13 Å². The second-order valence-electron chi connectivity index (χ2n) is 26.2. The second-order valence-corrected chi connectivity index (χ2v) is 26.2. The molecule has 0 bridgehead atoms. The Morgan fingerprint density at radius 2 is 0.404 bits per heavy atom. The van der Waals surface area contributed by atoms with Crippen molar-refractivity contribution in [3.63, 3.8) is 0 Å². The maximum atomic E-state index is 5.14. The predicted octanol–water partition coefficient (Wildman–Crippen LogP) is 24.3. The van der Waals surface area contributed by atoms with Gasteiger partial charge in [0.2, 0.25) is 0 Å². The Labute approximate surface area is 601 Å². The summed E-state index contributed by atoms with van der Waals surface area (Å²) < 4.78 is 4.87. The van der Waals surface area contributed by atoms with E-state index < -0.39 is 0 Å². The largest absolute Gasteiger partial charge is 0.309 e. The van der Waals surface area contributed by atoms with Gasteiger partial charge in [0.15, 0.2) is 34.9 Å². The maximum Gasteiger partial charge on any atom is 0.164 e. The first-order valence-electron chi connectivity index (χ1n) is 35.1. The molecule has 0 unspecified atom stereocenters. The molecule has 4 aromatic heterocycles. The molecule has 0 aliphatic carbocycles. The third-order valence-electron chi connectivity index (χ3n) is 19.8. The minimum absolute atomic E-state index is 0.609. The zero-order chi connectivity index (χ0) is 68.9. The molecule has 0 fully saturated rings. The van der Waals surface area contributed by atoms with Crippen LogP contribution in [0.5, 0.6) is 0 Å². The molecule has 0 aliphatic heterocycles. The highest BCUT2D eigenvalue weighted by molar-refractivity contribution is 6.18. The average Bonchev–Trinajstić information content (AvgIpc) is 1.58. The Morgan fingerprint density at radius 3 is 0.750 bits per heavy atom. The van der Waals surface area contributed by atoms with Gasteiger partial charge >= 0.3 is 0 Å². The molecular weight excluding hydrogens is 1270 g/mol. The van der Waals surface area contributed by atoms with E-state index in [4.69, 9.17) is 29.9 Å². The molecular formula is C96H62N8. The first-order chi connectivity index (χ1) is 51.5. The summed E-state index contributed by atoms with van der Waals surface area (Å²) in [6.07, 6.45) is 0. The van der Waals surface area contributed by atoms with Crippen molar-refractivity contribution in [3.8, 4) is 146 Å². The van der Waals surface area contributed by atoms with Gasteiger partial charge in [-0.2, -0.15) is 0 Å². The highest BCUT2D eigenvalue weighted by atomic mass is 15.0. The molecule has 0 saturated carbocycles. The summed E-state index contributed by atoms with van der Waals surface area (Å²) in [4.78, 5) is 30.6. The minimum Gasteiger partial charge on any atom is -0.309 e. The van der Waals surface area contributed by atoms with Crippen molar-refractivity contribution in [2.75, 3.05) is 0 Å². The smallest absolute Gasteiger partial charge is 0.164 e. The van der Waals surface area contributed by atoms with Crippen molar-refractivity contribution in [1.82, 2.24) is 39.0 Å². The van der Waals surface area contributed by atoms with Gasteiger partial charge in [-0.15, -0.1) is 0 Å². The van der Waals surface area contributed by atoms with E-state index in [9.17, 15) is 0 Å². The molecule has 8 heteroatoms. The fraction of sp³-hybridized carbons (Fsp3) is 0. The van der Waals surface area contributed by atoms with Gasteiger partial charge in [-0.3, -0.25) is 0 Å². The van der Waals surface area contributed by atoms with Crippen LogP contribution in [0.1, 0.15) is 0 Å². The lowest BCUT2D eigenvalue weighted by Gasteiger charge is -2.13. The predicted molar refractivity (Wildman–Crippen MR) is 427 cm³/mol. The number of hydrogen-bond donors (Lipinski definition) is 0. The number of rotatable bonds is 14. The van der Waals surface area contributed by atoms with Gasteiger partial charge in [0.25, 0.3) is 0 Å². The zero-order valence-electron chi connectivity index (χ0n) is 56.4. The minimum atomic E-state index is 0.609. The fourth-order valence-electron chi connectivity index (χ4n) is 14.9. The Kier molecular flexibility index (Phi) is 15.4. The van der Waals surface area contributed by atoms with Crippen molar-refractivity contribution in [1.29, 1.82) is 0 Å². The van der Waals surface area contributed by atoms with Crippen LogP contribution >= 0.6 is 0 Å². The van der Waals surface area contributed by atoms with E-state index in [-0.39, 0.29) is 0 Å². The summed E-state index contributed by atoms with van der Waals surface area (Å²) in [6.45, 7) is 0. The monoisotopic (exact) mass is 1330 g/mol. The molecule has 4 heterocycles. The molecule has 0 atom stereocenters. The SMILES string of the molecule is c1ccc(-c2ccc3c(c2)c2c(-c4cccc(-c5nc(-c6ccccc6)nc(-c6ccccc6)n5)c4)cccc2n3-c2cccc(-c3cccc(-c4cccc(-n5c6ccc(-c7ccccc7)cc6c6c(-c7cccc(-c8nc(-c9ccccc9)nc(-c9ccccc9)n8)c7)cccc65)c4)c3)c2)cc1. The van der Waals surface area contributed by atoms with E-state index in [2.05, 4.69) is 264 Å². The number of nitrogens with zero attached hydrogens (tertiary/aromatic N) is 8. The molecule has 0 aliphatic rings. The Bertz CT molecular complexity index is 5950. The molecule has 0 radical (unpaired) electrons. The molecule has 0 N–H and O–H groups in total. The number of hydrogen-bond acceptors (Lipinski definition) is 6. The van der Waals surface area contributed by atoms with Gasteiger partial charge in [0, 0.05) is 66.3 Å². The number of fused-ring (bicyclic) bond motifs is 6. The van der Waals surface area contributed by atoms with Gasteiger partial charge in [0.1, 0.15) is 0 Å². The Balaban J connectivity index is 0.703. The highest BCUT2D eigenvalue weighted by Crippen LogP contribution is 2.45.